The number of halogens is 2. The average molecular weight is 405 g/mol. The van der Waals surface area contributed by atoms with E-state index in [1.807, 2.05) is 18.2 Å². The van der Waals surface area contributed by atoms with Gasteiger partial charge in [-0.2, -0.15) is 5.10 Å². The van der Waals surface area contributed by atoms with Gasteiger partial charge in [-0.25, -0.2) is 5.43 Å². The monoisotopic (exact) mass is 403 g/mol. The molecule has 0 saturated carbocycles. The Hall–Kier alpha value is -2.44. The molecule has 0 radical (unpaired) electrons. The van der Waals surface area contributed by atoms with Gasteiger partial charge in [0.2, 0.25) is 0 Å². The number of hydrogen-bond acceptors (Lipinski definition) is 4. The number of amides is 1. The highest BCUT2D eigenvalue weighted by Crippen LogP contribution is 2.23. The van der Waals surface area contributed by atoms with Crippen molar-refractivity contribution < 1.29 is 9.21 Å². The molecule has 0 bridgehead atoms. The number of nitrogens with zero attached hydrogens (tertiary/aromatic N) is 2. The molecule has 24 heavy (non-hydrogen) atoms. The molecule has 0 saturated heterocycles. The maximum absolute atomic E-state index is 11.9. The molecule has 0 aliphatic carbocycles. The van der Waals surface area contributed by atoms with E-state index < -0.39 is 0 Å². The molecule has 0 aliphatic rings. The Morgan fingerprint density at radius 3 is 2.75 bits per heavy atom. The van der Waals surface area contributed by atoms with Gasteiger partial charge in [-0.3, -0.25) is 9.78 Å². The van der Waals surface area contributed by atoms with Crippen molar-refractivity contribution in [2.75, 3.05) is 0 Å². The minimum absolute atomic E-state index is 0.357. The average Bonchev–Trinajstić information content (AvgIpc) is 3.04. The van der Waals surface area contributed by atoms with Crippen LogP contribution >= 0.6 is 27.5 Å². The molecule has 1 amide bonds. The first-order valence-electron chi connectivity index (χ1n) is 6.91. The molecule has 2 heterocycles. The van der Waals surface area contributed by atoms with E-state index in [4.69, 9.17) is 16.0 Å². The predicted octanol–water partition coefficient (Wildman–Crippen LogP) is 4.52. The standard InChI is InChI=1S/C17H11BrClN3O2/c18-13-7-12(8-20-9-13)17(23)22-21-10-15-5-6-16(24-15)11-1-3-14(19)4-2-11/h1-10H,(H,22,23)/b21-10+. The van der Waals surface area contributed by atoms with Gasteiger partial charge in [0, 0.05) is 27.5 Å². The van der Waals surface area contributed by atoms with Crippen molar-refractivity contribution in [2.24, 2.45) is 5.10 Å². The minimum Gasteiger partial charge on any atom is -0.455 e. The van der Waals surface area contributed by atoms with Crippen molar-refractivity contribution in [1.29, 1.82) is 0 Å². The molecular weight excluding hydrogens is 394 g/mol. The number of furan rings is 1. The van der Waals surface area contributed by atoms with Crippen molar-refractivity contribution >= 4 is 39.7 Å². The summed E-state index contributed by atoms with van der Waals surface area (Å²) < 4.78 is 6.37. The largest absolute Gasteiger partial charge is 0.455 e. The van der Waals surface area contributed by atoms with Crippen LogP contribution in [0.15, 0.2) is 68.8 Å². The molecule has 0 fully saturated rings. The SMILES string of the molecule is O=C(N/N=C/c1ccc(-c2ccc(Cl)cc2)o1)c1cncc(Br)c1. The van der Waals surface area contributed by atoms with Crippen LogP contribution in [0.1, 0.15) is 16.1 Å². The van der Waals surface area contributed by atoms with Crippen molar-refractivity contribution in [3.8, 4) is 11.3 Å². The Balaban J connectivity index is 1.65. The molecule has 0 aliphatic heterocycles. The lowest BCUT2D eigenvalue weighted by molar-refractivity contribution is 0.0954. The van der Waals surface area contributed by atoms with Crippen LogP contribution in [0.4, 0.5) is 0 Å². The van der Waals surface area contributed by atoms with Gasteiger partial charge in [-0.1, -0.05) is 11.6 Å². The quantitative estimate of drug-likeness (QED) is 0.513. The van der Waals surface area contributed by atoms with Gasteiger partial charge in [0.05, 0.1) is 11.8 Å². The fourth-order valence-corrected chi connectivity index (χ4v) is 2.44. The Morgan fingerprint density at radius 1 is 1.21 bits per heavy atom. The summed E-state index contributed by atoms with van der Waals surface area (Å²) in [7, 11) is 0. The Kier molecular flexibility index (Phi) is 5.08. The minimum atomic E-state index is -0.357. The first-order chi connectivity index (χ1) is 11.6. The van der Waals surface area contributed by atoms with Crippen LogP contribution in [-0.4, -0.2) is 17.1 Å². The van der Waals surface area contributed by atoms with E-state index in [0.717, 1.165) is 10.0 Å². The van der Waals surface area contributed by atoms with Gasteiger partial charge in [0.25, 0.3) is 5.91 Å². The molecule has 120 valence electrons. The number of benzene rings is 1. The maximum Gasteiger partial charge on any atom is 0.272 e. The predicted molar refractivity (Wildman–Crippen MR) is 96.2 cm³/mol. The second-order valence-corrected chi connectivity index (χ2v) is 6.15. The summed E-state index contributed by atoms with van der Waals surface area (Å²) >= 11 is 9.12. The third kappa shape index (κ3) is 4.10. The van der Waals surface area contributed by atoms with Crippen LogP contribution in [0.3, 0.4) is 0 Å². The van der Waals surface area contributed by atoms with Crippen LogP contribution in [0.25, 0.3) is 11.3 Å². The van der Waals surface area contributed by atoms with E-state index in [9.17, 15) is 4.79 Å². The van der Waals surface area contributed by atoms with E-state index >= 15 is 0 Å². The van der Waals surface area contributed by atoms with E-state index in [1.165, 1.54) is 12.4 Å². The summed E-state index contributed by atoms with van der Waals surface area (Å²) in [6.45, 7) is 0. The Labute approximate surface area is 151 Å². The zero-order valence-electron chi connectivity index (χ0n) is 12.2. The number of pyridine rings is 1. The molecule has 7 heteroatoms. The highest BCUT2D eigenvalue weighted by atomic mass is 79.9. The van der Waals surface area contributed by atoms with E-state index in [2.05, 4.69) is 31.4 Å². The van der Waals surface area contributed by atoms with E-state index in [1.54, 1.807) is 30.5 Å². The number of carbonyl (C=O) groups excluding carboxylic acids is 1. The Morgan fingerprint density at radius 2 is 2.00 bits per heavy atom. The summed E-state index contributed by atoms with van der Waals surface area (Å²) in [5.74, 6) is 0.854. The van der Waals surface area contributed by atoms with Gasteiger partial charge in [-0.05, 0) is 58.4 Å². The molecule has 0 unspecified atom stereocenters. The number of nitrogens with one attached hydrogen (secondary N) is 1. The lowest BCUT2D eigenvalue weighted by Crippen LogP contribution is -2.17. The van der Waals surface area contributed by atoms with Crippen molar-refractivity contribution in [1.82, 2.24) is 10.4 Å². The number of hydrazone groups is 1. The lowest BCUT2D eigenvalue weighted by atomic mass is 10.2. The Bertz CT molecular complexity index is 891. The molecule has 0 atom stereocenters. The highest BCUT2D eigenvalue weighted by Gasteiger charge is 2.06. The summed E-state index contributed by atoms with van der Waals surface area (Å²) in [5, 5.41) is 4.55. The van der Waals surface area contributed by atoms with Gasteiger partial charge >= 0.3 is 0 Å². The second-order valence-electron chi connectivity index (χ2n) is 4.80. The van der Waals surface area contributed by atoms with Gasteiger partial charge < -0.3 is 4.42 Å². The van der Waals surface area contributed by atoms with Crippen LogP contribution in [-0.2, 0) is 0 Å². The van der Waals surface area contributed by atoms with Crippen LogP contribution in [0.5, 0.6) is 0 Å². The van der Waals surface area contributed by atoms with Crippen molar-refractivity contribution in [2.45, 2.75) is 0 Å². The molecular formula is C17H11BrClN3O2. The fraction of sp³-hybridized carbons (Fsp3) is 0. The zero-order valence-corrected chi connectivity index (χ0v) is 14.6. The topological polar surface area (TPSA) is 67.5 Å². The van der Waals surface area contributed by atoms with Crippen LogP contribution in [0, 0.1) is 0 Å². The van der Waals surface area contributed by atoms with Crippen LogP contribution in [0.2, 0.25) is 5.02 Å². The van der Waals surface area contributed by atoms with Crippen molar-refractivity contribution in [3.05, 3.63) is 75.7 Å². The third-order valence-corrected chi connectivity index (χ3v) is 3.77. The van der Waals surface area contributed by atoms with Gasteiger partial charge in [0.15, 0.2) is 0 Å². The highest BCUT2D eigenvalue weighted by molar-refractivity contribution is 9.10. The van der Waals surface area contributed by atoms with Crippen molar-refractivity contribution in [3.63, 3.8) is 0 Å². The molecule has 2 aromatic heterocycles. The molecule has 0 spiro atoms. The molecule has 1 N–H and O–H groups in total. The fourth-order valence-electron chi connectivity index (χ4n) is 1.95. The van der Waals surface area contributed by atoms with E-state index in [-0.39, 0.29) is 5.91 Å². The second kappa shape index (κ2) is 7.42. The normalized spacial score (nSPS) is 10.9. The number of aromatic nitrogens is 1. The summed E-state index contributed by atoms with van der Waals surface area (Å²) in [5.41, 5.74) is 3.73. The van der Waals surface area contributed by atoms with E-state index in [0.29, 0.717) is 22.1 Å². The summed E-state index contributed by atoms with van der Waals surface area (Å²) in [4.78, 5) is 15.8. The first kappa shape index (κ1) is 16.4. The smallest absolute Gasteiger partial charge is 0.272 e. The molecule has 3 rings (SSSR count). The van der Waals surface area contributed by atoms with Crippen LogP contribution < -0.4 is 5.43 Å². The van der Waals surface area contributed by atoms with Gasteiger partial charge in [-0.15, -0.1) is 0 Å². The molecule has 1 aromatic carbocycles. The lowest BCUT2D eigenvalue weighted by Gasteiger charge is -1.99. The first-order valence-corrected chi connectivity index (χ1v) is 8.08. The number of hydrogen-bond donors (Lipinski definition) is 1. The summed E-state index contributed by atoms with van der Waals surface area (Å²) in [6.07, 6.45) is 4.49. The third-order valence-electron chi connectivity index (χ3n) is 3.08. The number of carbonyl (C=O) groups is 1. The molecule has 3 aromatic rings. The number of rotatable bonds is 4. The van der Waals surface area contributed by atoms with Gasteiger partial charge in [0.1, 0.15) is 11.5 Å². The summed E-state index contributed by atoms with van der Waals surface area (Å²) in [6, 6.07) is 12.6. The molecule has 5 nitrogen and oxygen atoms in total. The maximum atomic E-state index is 11.9. The zero-order chi connectivity index (χ0) is 16.9.